The van der Waals surface area contributed by atoms with E-state index in [2.05, 4.69) is 58.6 Å². The van der Waals surface area contributed by atoms with E-state index in [9.17, 15) is 30.0 Å². The van der Waals surface area contributed by atoms with Crippen molar-refractivity contribution in [2.24, 2.45) is 17.8 Å². The van der Waals surface area contributed by atoms with E-state index in [1.807, 2.05) is 13.0 Å². The van der Waals surface area contributed by atoms with Gasteiger partial charge in [-0.2, -0.15) is 0 Å². The molecule has 7 aliphatic heterocycles. The molecule has 0 saturated carbocycles. The van der Waals surface area contributed by atoms with Crippen LogP contribution in [-0.4, -0.2) is 123 Å². The maximum Gasteiger partial charge on any atom is 0.335 e. The van der Waals surface area contributed by atoms with Crippen LogP contribution in [0.15, 0.2) is 48.1 Å². The zero-order valence-electron chi connectivity index (χ0n) is 46.8. The van der Waals surface area contributed by atoms with Gasteiger partial charge < -0.3 is 58.3 Å². The van der Waals surface area contributed by atoms with Gasteiger partial charge in [-0.05, 0) is 128 Å². The Bertz CT molecular complexity index is 1930. The quantitative estimate of drug-likeness (QED) is 0.0384. The van der Waals surface area contributed by atoms with Crippen LogP contribution in [-0.2, 0) is 47.5 Å². The predicted molar refractivity (Wildman–Crippen MR) is 286 cm³/mol. The molecule has 0 radical (unpaired) electrons. The van der Waals surface area contributed by atoms with E-state index in [1.54, 1.807) is 0 Å². The summed E-state index contributed by atoms with van der Waals surface area (Å²) in [4.78, 5) is 25.4. The molecule has 0 unspecified atom stereocenters. The summed E-state index contributed by atoms with van der Waals surface area (Å²) >= 11 is 0. The topological polar surface area (TPSA) is 189 Å². The summed E-state index contributed by atoms with van der Waals surface area (Å²) in [5.41, 5.74) is -0.602. The van der Waals surface area contributed by atoms with E-state index in [1.165, 1.54) is 45.4 Å². The van der Waals surface area contributed by atoms with Gasteiger partial charge in [0, 0.05) is 43.9 Å². The highest BCUT2D eigenvalue weighted by Gasteiger charge is 2.55. The summed E-state index contributed by atoms with van der Waals surface area (Å²) in [6.45, 7) is 16.9. The number of ether oxygens (including phenoxy) is 8. The molecule has 0 aromatic rings. The molecule has 0 aromatic heterocycles. The van der Waals surface area contributed by atoms with E-state index < -0.39 is 71.7 Å². The molecule has 7 heterocycles. The Balaban J connectivity index is 0.893. The fourth-order valence-corrected chi connectivity index (χ4v) is 13.0. The van der Waals surface area contributed by atoms with E-state index >= 15 is 0 Å². The summed E-state index contributed by atoms with van der Waals surface area (Å²) < 4.78 is 52.6. The lowest BCUT2D eigenvalue weighted by Crippen LogP contribution is -2.60. The van der Waals surface area contributed by atoms with Gasteiger partial charge in [-0.3, -0.25) is 4.79 Å². The third kappa shape index (κ3) is 15.9. The zero-order valence-corrected chi connectivity index (χ0v) is 46.8. The van der Waals surface area contributed by atoms with E-state index in [4.69, 9.17) is 37.9 Å². The summed E-state index contributed by atoms with van der Waals surface area (Å²) in [6.07, 6.45) is 28.1. The molecule has 6 fully saturated rings. The Labute approximate surface area is 449 Å². The minimum atomic E-state index is -2.01. The van der Waals surface area contributed by atoms with Gasteiger partial charge in [-0.15, -0.1) is 0 Å². The number of carbonyl (C=O) groups is 2. The number of carboxylic acid groups (broad SMARTS) is 1. The van der Waals surface area contributed by atoms with Crippen molar-refractivity contribution in [2.75, 3.05) is 6.61 Å². The number of carboxylic acids is 1. The Kier molecular flexibility index (Phi) is 22.1. The molecule has 3 spiro atoms. The maximum atomic E-state index is 13.5. The first-order valence-corrected chi connectivity index (χ1v) is 29.8. The normalized spacial score (nSPS) is 37.4. The van der Waals surface area contributed by atoms with Crippen molar-refractivity contribution in [3.63, 3.8) is 0 Å². The number of aliphatic hydroxyl groups excluding tert-OH is 2. The van der Waals surface area contributed by atoms with Crippen LogP contribution in [0.5, 0.6) is 0 Å². The van der Waals surface area contributed by atoms with Crippen molar-refractivity contribution in [1.82, 2.24) is 0 Å². The highest BCUT2D eigenvalue weighted by atomic mass is 16.7. The van der Waals surface area contributed by atoms with Crippen LogP contribution in [0.3, 0.4) is 0 Å². The lowest BCUT2D eigenvalue weighted by molar-refractivity contribution is -0.326. The fourth-order valence-electron chi connectivity index (χ4n) is 13.0. The smallest absolute Gasteiger partial charge is 0.335 e. The standard InChI is InChI=1S/C61H98O14/c1-8-9-10-11-12-13-14-15-16-17-18-19-20-21-26-53(63)70-52-30-29-47(40-58(7,67)57(65)66)72-61(52)39-41(2)37-51(74-61)42(3)27-28-46-31-34-59(71-46)35-32-50-56(75-59)54(64)45(6)55(69-50)48(62)38-43(4)49-25-22-33-60(73-49)44(5)24-23-36-68-60/h14-15,27-28,39,42-44,46-52,54-56,62,64,67H,6,8-13,16-26,29-38,40H2,1-5,7H3,(H,65,66)/b15-14+,28-27?/t42-,43+,44-,46+,47+,48+,49+,50-,51+,52-,54-,55+,56-,58-,59-,60-,61-/m1/s1. The van der Waals surface area contributed by atoms with Gasteiger partial charge in [0.25, 0.3) is 0 Å². The predicted octanol–water partition coefficient (Wildman–Crippen LogP) is 11.4. The molecule has 14 nitrogen and oxygen atoms in total. The van der Waals surface area contributed by atoms with E-state index in [-0.39, 0.29) is 49.0 Å². The number of allylic oxidation sites excluding steroid dienone is 2. The third-order valence-corrected chi connectivity index (χ3v) is 17.7. The van der Waals surface area contributed by atoms with Crippen LogP contribution in [0.25, 0.3) is 0 Å². The summed E-state index contributed by atoms with van der Waals surface area (Å²) in [7, 11) is 0. The lowest BCUT2D eigenvalue weighted by Gasteiger charge is -2.50. The summed E-state index contributed by atoms with van der Waals surface area (Å²) in [6, 6.07) is 0. The summed E-state index contributed by atoms with van der Waals surface area (Å²) in [5.74, 6) is -4.29. The molecule has 14 heteroatoms. The van der Waals surface area contributed by atoms with Gasteiger partial charge in [0.1, 0.15) is 18.3 Å². The Morgan fingerprint density at radius 1 is 0.880 bits per heavy atom. The summed E-state index contributed by atoms with van der Waals surface area (Å²) in [5, 5.41) is 43.9. The number of aliphatic hydroxyl groups is 3. The number of hydrogen-bond donors (Lipinski definition) is 4. The van der Waals surface area contributed by atoms with E-state index in [0.29, 0.717) is 62.9 Å². The van der Waals surface area contributed by atoms with Crippen molar-refractivity contribution in [2.45, 2.75) is 299 Å². The van der Waals surface area contributed by atoms with Crippen LogP contribution >= 0.6 is 0 Å². The molecule has 7 rings (SSSR count). The largest absolute Gasteiger partial charge is 0.479 e. The minimum Gasteiger partial charge on any atom is -0.479 e. The van der Waals surface area contributed by atoms with Gasteiger partial charge in [-0.1, -0.05) is 109 Å². The molecule has 7 aliphatic rings. The fraction of sp³-hybridized carbons (Fsp3) is 0.836. The molecule has 0 aliphatic carbocycles. The SMILES string of the molecule is C=C1[C@@H](O)[C@@H]2O[C@]3(CC[C@H](C=C[C@@H](C)[C@@H]4CC(C)=C[C@@]5(O[C@H](C[C@@](C)(O)C(=O)O)CC[C@H]5OC(=O)CCCCCCC/C=C/CCCCCCC)O4)O3)CC[C@H]2O[C@@H]1[C@@H](O)C[C@H](C)[C@@H]1CCC[C@@]2(OCCC[C@H]2C)O1. The van der Waals surface area contributed by atoms with Gasteiger partial charge in [-0.25, -0.2) is 4.79 Å². The molecular formula is C61H98O14. The minimum absolute atomic E-state index is 0.0372. The van der Waals surface area contributed by atoms with Crippen molar-refractivity contribution < 1.29 is 67.9 Å². The molecular weight excluding hydrogens is 957 g/mol. The van der Waals surface area contributed by atoms with Gasteiger partial charge >= 0.3 is 11.9 Å². The molecule has 75 heavy (non-hydrogen) atoms. The first kappa shape index (κ1) is 60.1. The van der Waals surface area contributed by atoms with Crippen LogP contribution < -0.4 is 0 Å². The number of unbranched alkanes of at least 4 members (excludes halogenated alkanes) is 10. The van der Waals surface area contributed by atoms with Crippen molar-refractivity contribution >= 4 is 11.9 Å². The zero-order chi connectivity index (χ0) is 53.8. The molecule has 426 valence electrons. The second-order valence-electron chi connectivity index (χ2n) is 24.3. The van der Waals surface area contributed by atoms with Gasteiger partial charge in [0.05, 0.1) is 43.2 Å². The third-order valence-electron chi connectivity index (χ3n) is 17.7. The molecule has 0 aromatic carbocycles. The van der Waals surface area contributed by atoms with Gasteiger partial charge in [0.15, 0.2) is 23.3 Å². The first-order valence-electron chi connectivity index (χ1n) is 29.8. The second kappa shape index (κ2) is 27.6. The Morgan fingerprint density at radius 2 is 1.60 bits per heavy atom. The van der Waals surface area contributed by atoms with Crippen LogP contribution in [0.4, 0.5) is 0 Å². The molecule has 0 bridgehead atoms. The molecule has 4 N–H and O–H groups in total. The maximum absolute atomic E-state index is 13.5. The molecule has 6 saturated heterocycles. The van der Waals surface area contributed by atoms with Crippen molar-refractivity contribution in [3.8, 4) is 0 Å². The number of carbonyl (C=O) groups excluding carboxylic acids is 1. The highest BCUT2D eigenvalue weighted by Crippen LogP contribution is 2.48. The Hall–Kier alpha value is -2.50. The van der Waals surface area contributed by atoms with Crippen LogP contribution in [0, 0.1) is 17.8 Å². The average Bonchev–Trinajstić information content (AvgIpc) is 3.77. The number of rotatable bonds is 25. The number of fused-ring (bicyclic) bond motifs is 1. The monoisotopic (exact) mass is 1050 g/mol. The van der Waals surface area contributed by atoms with Crippen LogP contribution in [0.2, 0.25) is 0 Å². The first-order chi connectivity index (χ1) is 35.9. The second-order valence-corrected chi connectivity index (χ2v) is 24.3. The van der Waals surface area contributed by atoms with Crippen molar-refractivity contribution in [1.29, 1.82) is 0 Å². The number of esters is 1. The molecule has 0 amide bonds. The average molecular weight is 1060 g/mol. The number of hydrogen-bond acceptors (Lipinski definition) is 13. The Morgan fingerprint density at radius 3 is 2.33 bits per heavy atom. The van der Waals surface area contributed by atoms with Crippen molar-refractivity contribution in [3.05, 3.63) is 48.1 Å². The molecule has 17 atom stereocenters. The number of aliphatic carboxylic acids is 1. The highest BCUT2D eigenvalue weighted by molar-refractivity contribution is 5.76. The van der Waals surface area contributed by atoms with E-state index in [0.717, 1.165) is 82.8 Å². The lowest BCUT2D eigenvalue weighted by atomic mass is 9.81. The van der Waals surface area contributed by atoms with Crippen LogP contribution in [0.1, 0.15) is 215 Å². The van der Waals surface area contributed by atoms with Gasteiger partial charge in [0.2, 0.25) is 5.79 Å².